The number of carbonyl (C=O) groups excluding carboxylic acids is 1. The third kappa shape index (κ3) is 3.40. The first-order valence-electron chi connectivity index (χ1n) is 7.01. The highest BCUT2D eigenvalue weighted by Gasteiger charge is 2.14. The van der Waals surface area contributed by atoms with Gasteiger partial charge in [0.15, 0.2) is 0 Å². The number of carbonyl (C=O) groups is 1. The molecule has 0 bridgehead atoms. The Labute approximate surface area is 138 Å². The first kappa shape index (κ1) is 15.2. The summed E-state index contributed by atoms with van der Waals surface area (Å²) in [5.74, 6) is 0.00669. The molecule has 116 valence electrons. The summed E-state index contributed by atoms with van der Waals surface area (Å²) in [4.78, 5) is 12.1. The van der Waals surface area contributed by atoms with Gasteiger partial charge >= 0.3 is 6.01 Å². The molecule has 6 heteroatoms. The maximum absolute atomic E-state index is 12.1. The first-order chi connectivity index (χ1) is 11.0. The van der Waals surface area contributed by atoms with Crippen molar-refractivity contribution in [2.45, 2.75) is 13.8 Å². The molecular formula is C17H14ClN3O2. The van der Waals surface area contributed by atoms with Crippen molar-refractivity contribution in [1.29, 1.82) is 0 Å². The van der Waals surface area contributed by atoms with Crippen LogP contribution in [0.15, 0.2) is 46.9 Å². The van der Waals surface area contributed by atoms with Crippen LogP contribution in [0.1, 0.15) is 21.5 Å². The van der Waals surface area contributed by atoms with E-state index in [0.29, 0.717) is 16.5 Å². The standard InChI is InChI=1S/C17H14ClN3O2/c1-10-6-7-14(11(2)8-10)16-20-21-17(23-16)19-15(22)12-4-3-5-13(18)9-12/h3-9H,1-2H3,(H,19,21,22). The molecule has 1 heterocycles. The molecule has 23 heavy (non-hydrogen) atoms. The zero-order chi connectivity index (χ0) is 16.4. The quantitative estimate of drug-likeness (QED) is 0.780. The molecule has 0 radical (unpaired) electrons. The summed E-state index contributed by atoms with van der Waals surface area (Å²) >= 11 is 5.87. The van der Waals surface area contributed by atoms with E-state index in [1.54, 1.807) is 24.3 Å². The van der Waals surface area contributed by atoms with Crippen LogP contribution in [0.5, 0.6) is 0 Å². The number of rotatable bonds is 3. The molecule has 0 saturated carbocycles. The summed E-state index contributed by atoms with van der Waals surface area (Å²) < 4.78 is 5.53. The molecule has 0 spiro atoms. The smallest absolute Gasteiger partial charge is 0.322 e. The Bertz CT molecular complexity index is 874. The Morgan fingerprint density at radius 1 is 1.13 bits per heavy atom. The highest BCUT2D eigenvalue weighted by Crippen LogP contribution is 2.24. The number of nitrogens with zero attached hydrogens (tertiary/aromatic N) is 2. The minimum atomic E-state index is -0.358. The van der Waals surface area contributed by atoms with E-state index < -0.39 is 0 Å². The van der Waals surface area contributed by atoms with Crippen molar-refractivity contribution in [2.24, 2.45) is 0 Å². The molecule has 1 aromatic heterocycles. The van der Waals surface area contributed by atoms with E-state index in [0.717, 1.165) is 16.7 Å². The zero-order valence-corrected chi connectivity index (χ0v) is 13.4. The average Bonchev–Trinajstić information content (AvgIpc) is 2.95. The predicted molar refractivity (Wildman–Crippen MR) is 88.6 cm³/mol. The molecule has 0 saturated heterocycles. The number of benzene rings is 2. The second-order valence-corrected chi connectivity index (χ2v) is 5.63. The summed E-state index contributed by atoms with van der Waals surface area (Å²) in [5.41, 5.74) is 3.44. The van der Waals surface area contributed by atoms with Crippen LogP contribution < -0.4 is 5.32 Å². The SMILES string of the molecule is Cc1ccc(-c2nnc(NC(=O)c3cccc(Cl)c3)o2)c(C)c1. The van der Waals surface area contributed by atoms with Gasteiger partial charge in [0, 0.05) is 16.1 Å². The van der Waals surface area contributed by atoms with Gasteiger partial charge in [-0.1, -0.05) is 40.5 Å². The minimum absolute atomic E-state index is 0.0463. The Balaban J connectivity index is 1.81. The van der Waals surface area contributed by atoms with E-state index in [1.807, 2.05) is 32.0 Å². The minimum Gasteiger partial charge on any atom is -0.403 e. The van der Waals surface area contributed by atoms with Gasteiger partial charge in [0.25, 0.3) is 5.91 Å². The molecule has 5 nitrogen and oxygen atoms in total. The third-order valence-corrected chi connectivity index (χ3v) is 3.58. The van der Waals surface area contributed by atoms with Crippen molar-refractivity contribution < 1.29 is 9.21 Å². The Kier molecular flexibility index (Phi) is 4.12. The fourth-order valence-electron chi connectivity index (χ4n) is 2.24. The van der Waals surface area contributed by atoms with Crippen LogP contribution in [0.4, 0.5) is 6.01 Å². The van der Waals surface area contributed by atoms with Gasteiger partial charge < -0.3 is 4.42 Å². The molecule has 0 unspecified atom stereocenters. The Morgan fingerprint density at radius 2 is 1.96 bits per heavy atom. The number of amides is 1. The Hall–Kier alpha value is -2.66. The fraction of sp³-hybridized carbons (Fsp3) is 0.118. The van der Waals surface area contributed by atoms with Crippen molar-refractivity contribution in [1.82, 2.24) is 10.2 Å². The third-order valence-electron chi connectivity index (χ3n) is 3.34. The van der Waals surface area contributed by atoms with E-state index in [4.69, 9.17) is 16.0 Å². The molecule has 0 atom stereocenters. The van der Waals surface area contributed by atoms with Gasteiger partial charge in [0.1, 0.15) is 0 Å². The van der Waals surface area contributed by atoms with Gasteiger partial charge in [0.2, 0.25) is 5.89 Å². The second-order valence-electron chi connectivity index (χ2n) is 5.20. The van der Waals surface area contributed by atoms with Gasteiger partial charge in [0.05, 0.1) is 0 Å². The lowest BCUT2D eigenvalue weighted by molar-refractivity contribution is 0.102. The van der Waals surface area contributed by atoms with Gasteiger partial charge in [-0.15, -0.1) is 5.10 Å². The number of halogens is 1. The van der Waals surface area contributed by atoms with E-state index in [9.17, 15) is 4.79 Å². The largest absolute Gasteiger partial charge is 0.403 e. The van der Waals surface area contributed by atoms with E-state index in [1.165, 1.54) is 0 Å². The van der Waals surface area contributed by atoms with Crippen molar-refractivity contribution in [3.63, 3.8) is 0 Å². The fourth-order valence-corrected chi connectivity index (χ4v) is 2.43. The van der Waals surface area contributed by atoms with Crippen LogP contribution in [0.2, 0.25) is 5.02 Å². The molecule has 0 fully saturated rings. The molecule has 3 rings (SSSR count). The lowest BCUT2D eigenvalue weighted by atomic mass is 10.1. The lowest BCUT2D eigenvalue weighted by Gasteiger charge is -2.02. The van der Waals surface area contributed by atoms with Gasteiger partial charge in [-0.05, 0) is 43.7 Å². The van der Waals surface area contributed by atoms with Gasteiger partial charge in [-0.2, -0.15) is 0 Å². The van der Waals surface area contributed by atoms with Crippen molar-refractivity contribution >= 4 is 23.5 Å². The number of hydrogen-bond donors (Lipinski definition) is 1. The number of aryl methyl sites for hydroxylation is 2. The normalized spacial score (nSPS) is 10.6. The molecule has 1 N–H and O–H groups in total. The van der Waals surface area contributed by atoms with Gasteiger partial charge in [-0.25, -0.2) is 0 Å². The van der Waals surface area contributed by atoms with Crippen LogP contribution in [0.25, 0.3) is 11.5 Å². The average molecular weight is 328 g/mol. The summed E-state index contributed by atoms with van der Waals surface area (Å²) in [6.45, 7) is 3.98. The molecule has 0 aliphatic rings. The molecule has 0 aliphatic carbocycles. The van der Waals surface area contributed by atoms with Crippen molar-refractivity contribution in [2.75, 3.05) is 5.32 Å². The van der Waals surface area contributed by atoms with E-state index >= 15 is 0 Å². The number of nitrogens with one attached hydrogen (secondary N) is 1. The highest BCUT2D eigenvalue weighted by molar-refractivity contribution is 6.31. The first-order valence-corrected chi connectivity index (χ1v) is 7.39. The monoisotopic (exact) mass is 327 g/mol. The van der Waals surface area contributed by atoms with Gasteiger partial charge in [-0.3, -0.25) is 10.1 Å². The van der Waals surface area contributed by atoms with Crippen LogP contribution in [0, 0.1) is 13.8 Å². The molecule has 0 aliphatic heterocycles. The second kappa shape index (κ2) is 6.22. The predicted octanol–water partition coefficient (Wildman–Crippen LogP) is 4.26. The summed E-state index contributed by atoms with van der Waals surface area (Å²) in [6, 6.07) is 12.6. The maximum atomic E-state index is 12.1. The topological polar surface area (TPSA) is 68.0 Å². The molecule has 2 aromatic carbocycles. The Morgan fingerprint density at radius 3 is 2.70 bits per heavy atom. The van der Waals surface area contributed by atoms with Crippen molar-refractivity contribution in [3.8, 4) is 11.5 Å². The zero-order valence-electron chi connectivity index (χ0n) is 12.6. The lowest BCUT2D eigenvalue weighted by Crippen LogP contribution is -2.11. The van der Waals surface area contributed by atoms with Crippen LogP contribution in [0.3, 0.4) is 0 Å². The highest BCUT2D eigenvalue weighted by atomic mass is 35.5. The number of anilines is 1. The summed E-state index contributed by atoms with van der Waals surface area (Å²) in [5, 5.41) is 10.9. The van der Waals surface area contributed by atoms with E-state index in [2.05, 4.69) is 15.5 Å². The number of aromatic nitrogens is 2. The molecule has 1 amide bonds. The summed E-state index contributed by atoms with van der Waals surface area (Å²) in [6.07, 6.45) is 0. The van der Waals surface area contributed by atoms with E-state index in [-0.39, 0.29) is 11.9 Å². The molecular weight excluding hydrogens is 314 g/mol. The van der Waals surface area contributed by atoms with Crippen LogP contribution in [-0.4, -0.2) is 16.1 Å². The summed E-state index contributed by atoms with van der Waals surface area (Å²) in [7, 11) is 0. The van der Waals surface area contributed by atoms with Crippen LogP contribution >= 0.6 is 11.6 Å². The van der Waals surface area contributed by atoms with Crippen molar-refractivity contribution in [3.05, 3.63) is 64.2 Å². The van der Waals surface area contributed by atoms with Crippen LogP contribution in [-0.2, 0) is 0 Å². The molecule has 3 aromatic rings. The maximum Gasteiger partial charge on any atom is 0.322 e. The number of hydrogen-bond acceptors (Lipinski definition) is 4.